The summed E-state index contributed by atoms with van der Waals surface area (Å²) in [5.41, 5.74) is 0. The Morgan fingerprint density at radius 2 is 0.317 bits per heavy atom. The summed E-state index contributed by atoms with van der Waals surface area (Å²) in [4.78, 5) is 0. The van der Waals surface area contributed by atoms with Crippen molar-refractivity contribution in [3.05, 3.63) is 0 Å². The highest BCUT2D eigenvalue weighted by atomic mass is 32.2. The minimum absolute atomic E-state index is 0.0786. The number of hydrogen-bond donors (Lipinski definition) is 4. The average molecular weight is 2130 g/mol. The SMILES string of the molecule is CC(C)CCC(CCC(C)C)S(=O)(=O)O.CC(C)CCCC(CC(C)C)S(=O)(=O)O.CC(C)CCCC(CC(C)C)S(=O)(=O)O.CC(C)CCCCCC(C)C.CC(C)CCCCOCCOCCOCCC(C)C.CC(C)CCCOCC(C)C.CC(C)CCOCCC(C)C.CC(C)CCOCCOCC(C)C.CC(C)CCOCCOCCOCCC(C)C.CC(C)COCC(CC(C)C)S(=O)(=O)O. The Balaban J connectivity index is -0.000000171. The van der Waals surface area contributed by atoms with E-state index < -0.39 is 61.5 Å². The fraction of sp³-hybridized carbons (Fsp3) is 1.00. The molecule has 3 unspecified atom stereocenters. The van der Waals surface area contributed by atoms with Gasteiger partial charge in [-0.15, -0.1) is 0 Å². The molecular weight excluding hydrogens is 1880 g/mol. The Kier molecular flexibility index (Phi) is 125. The third-order valence-corrected chi connectivity index (χ3v) is 26.7. The molecule has 27 heteroatoms. The lowest BCUT2D eigenvalue weighted by molar-refractivity contribution is 0.0112. The summed E-state index contributed by atoms with van der Waals surface area (Å²) in [5, 5.41) is -2.51. The van der Waals surface area contributed by atoms with Gasteiger partial charge in [-0.2, -0.15) is 33.7 Å². The topological polar surface area (TPSA) is 319 Å². The van der Waals surface area contributed by atoms with E-state index in [1.807, 2.05) is 55.4 Å². The minimum atomic E-state index is -3.98. The molecule has 0 rings (SSSR count). The number of rotatable bonds is 80. The first-order chi connectivity index (χ1) is 65.7. The summed E-state index contributed by atoms with van der Waals surface area (Å²) in [6.07, 6.45) is 29.6. The highest BCUT2D eigenvalue weighted by Gasteiger charge is 2.27. The van der Waals surface area contributed by atoms with Gasteiger partial charge in [0.25, 0.3) is 40.5 Å². The van der Waals surface area contributed by atoms with Crippen LogP contribution in [-0.4, -0.2) is 218 Å². The van der Waals surface area contributed by atoms with Crippen molar-refractivity contribution < 1.29 is 104 Å². The van der Waals surface area contributed by atoms with Gasteiger partial charge in [0, 0.05) is 72.7 Å². The molecule has 0 fully saturated rings. The first-order valence-corrected chi connectivity index (χ1v) is 62.9. The summed E-state index contributed by atoms with van der Waals surface area (Å²) < 4.78 is 184. The predicted octanol–water partition coefficient (Wildman–Crippen LogP) is 31.5. The quantitative estimate of drug-likeness (QED) is 0.0325. The van der Waals surface area contributed by atoms with Crippen LogP contribution >= 0.6 is 0 Å². The molecule has 0 aliphatic heterocycles. The Morgan fingerprint density at radius 3 is 0.549 bits per heavy atom. The maximum atomic E-state index is 11.1. The molecule has 4 N–H and O–H groups in total. The van der Waals surface area contributed by atoms with Crippen LogP contribution in [0.15, 0.2) is 0 Å². The average Bonchev–Trinajstić information content (AvgIpc) is 0.903. The fourth-order valence-corrected chi connectivity index (χ4v) is 16.6. The zero-order valence-electron chi connectivity index (χ0n) is 101. The van der Waals surface area contributed by atoms with Crippen LogP contribution in [-0.2, 0) is 92.6 Å². The van der Waals surface area contributed by atoms with Gasteiger partial charge in [0.15, 0.2) is 0 Å². The van der Waals surface area contributed by atoms with E-state index in [0.717, 1.165) is 191 Å². The molecule has 0 amide bonds. The van der Waals surface area contributed by atoms with Gasteiger partial charge in [0.05, 0.1) is 88.4 Å². The Morgan fingerprint density at radius 1 is 0.134 bits per heavy atom. The van der Waals surface area contributed by atoms with Crippen LogP contribution in [0.3, 0.4) is 0 Å². The van der Waals surface area contributed by atoms with Crippen LogP contribution in [0.5, 0.6) is 0 Å². The standard InChI is InChI=1S/C16H34O3.C14H30O3.3C11H24O3S.C11H24O2.C11H24.C10H22O4S.2C10H22O/c1-15(2)7-5-6-9-17-11-13-19-14-12-18-10-8-16(3)4;1-13(2)5-7-15-9-11-17-12-10-16-8-6-14(3)4;1-9(2)5-7-11(15(12,13)14)8-6-10(3)4;2*1-9(2)6-5-7-11(8-10(3)4)15(12,13)14;1-10(2)5-6-12-7-8-13-9-11(3)4;1-10(2)8-6-5-7-9-11(3)4;1-8(2)5-10(15(11,12)13)7-14-6-9(3)4;1-9(2)5-7-11-8-6-10(3)4;1-9(2)6-5-7-11-8-10(3)4/h15-16H,5-14H2,1-4H3;13-14H,5-12H2,1-4H3;3*9-11H,5-8H2,1-4H3,(H,12,13,14);10-11H,5-9H2,1-4H3;10-11H,5-9H2,1-4H3;8-10H,5-7H2,1-4H3,(H,11,12,13);2*9-10H,5-8H2,1-4H3. The normalized spacial score (nSPS) is 12.8. The second kappa shape index (κ2) is 110. The summed E-state index contributed by atoms with van der Waals surface area (Å²) in [6, 6.07) is 0. The van der Waals surface area contributed by atoms with E-state index in [4.69, 9.17) is 70.3 Å². The molecule has 0 aromatic rings. The van der Waals surface area contributed by atoms with E-state index in [-0.39, 0.29) is 12.5 Å². The van der Waals surface area contributed by atoms with Crippen LogP contribution in [0.25, 0.3) is 0 Å². The van der Waals surface area contributed by atoms with E-state index in [2.05, 4.69) is 222 Å². The van der Waals surface area contributed by atoms with E-state index in [1.54, 1.807) is 0 Å². The van der Waals surface area contributed by atoms with E-state index >= 15 is 0 Å². The van der Waals surface area contributed by atoms with E-state index in [9.17, 15) is 33.7 Å². The lowest BCUT2D eigenvalue weighted by Gasteiger charge is -2.16. The first kappa shape index (κ1) is 161. The van der Waals surface area contributed by atoms with E-state index in [1.165, 1.54) is 70.6 Å². The molecule has 872 valence electrons. The Labute approximate surface area is 886 Å². The second-order valence-corrected chi connectivity index (χ2v) is 54.5. The van der Waals surface area contributed by atoms with Crippen LogP contribution in [0.2, 0.25) is 0 Å². The second-order valence-electron chi connectivity index (χ2n) is 47.7. The fourth-order valence-electron chi connectivity index (χ4n) is 12.6. The number of unbranched alkanes of at least 4 members (excludes halogenated alkanes) is 3. The molecule has 23 nitrogen and oxygen atoms in total. The molecule has 0 bridgehead atoms. The molecule has 0 aromatic carbocycles. The van der Waals surface area contributed by atoms with Crippen LogP contribution in [0.4, 0.5) is 0 Å². The zero-order valence-corrected chi connectivity index (χ0v) is 104. The molecule has 0 aliphatic carbocycles. The van der Waals surface area contributed by atoms with Gasteiger partial charge in [0.2, 0.25) is 0 Å². The van der Waals surface area contributed by atoms with Crippen molar-refractivity contribution in [1.82, 2.24) is 0 Å². The van der Waals surface area contributed by atoms with Crippen molar-refractivity contribution in [3.63, 3.8) is 0 Å². The molecule has 3 atom stereocenters. The summed E-state index contributed by atoms with van der Waals surface area (Å²) in [7, 11) is -15.6. The molecule has 0 spiro atoms. The lowest BCUT2D eigenvalue weighted by Crippen LogP contribution is -2.28. The molecule has 0 radical (unpaired) electrons. The smallest absolute Gasteiger partial charge is 0.270 e. The maximum Gasteiger partial charge on any atom is 0.270 e. The molecule has 0 aromatic heterocycles. The van der Waals surface area contributed by atoms with Crippen molar-refractivity contribution in [2.45, 2.75) is 484 Å². The number of hydrogen-bond acceptors (Lipinski definition) is 19. The summed E-state index contributed by atoms with van der Waals surface area (Å²) in [6.45, 7) is 102. The summed E-state index contributed by atoms with van der Waals surface area (Å²) in [5.74, 6) is 12.5. The predicted molar refractivity (Wildman–Crippen MR) is 611 cm³/mol. The third-order valence-electron chi connectivity index (χ3n) is 21.6. The van der Waals surface area contributed by atoms with Crippen LogP contribution < -0.4 is 0 Å². The molecular formula is C115H250O23S4. The third kappa shape index (κ3) is 164. The Hall–Kier alpha value is -0.800. The first-order valence-electron chi connectivity index (χ1n) is 56.9. The minimum Gasteiger partial charge on any atom is -0.381 e. The number of ether oxygens (including phenoxy) is 11. The lowest BCUT2D eigenvalue weighted by atomic mass is 10.0. The van der Waals surface area contributed by atoms with Gasteiger partial charge in [-0.25, -0.2) is 0 Å². The van der Waals surface area contributed by atoms with Crippen molar-refractivity contribution in [3.8, 4) is 0 Å². The molecule has 0 saturated heterocycles. The van der Waals surface area contributed by atoms with Crippen molar-refractivity contribution >= 4 is 40.5 Å². The van der Waals surface area contributed by atoms with Gasteiger partial charge >= 0.3 is 0 Å². The Bertz CT molecular complexity index is 2650. The molecule has 0 heterocycles. The molecule has 142 heavy (non-hydrogen) atoms. The largest absolute Gasteiger partial charge is 0.381 e. The van der Waals surface area contributed by atoms with Gasteiger partial charge in [-0.1, -0.05) is 348 Å². The van der Waals surface area contributed by atoms with Gasteiger partial charge in [-0.05, 0) is 234 Å². The van der Waals surface area contributed by atoms with Gasteiger partial charge in [0.1, 0.15) is 5.25 Å². The van der Waals surface area contributed by atoms with Crippen LogP contribution in [0, 0.1) is 118 Å². The van der Waals surface area contributed by atoms with Crippen molar-refractivity contribution in [2.75, 3.05) is 145 Å². The van der Waals surface area contributed by atoms with Gasteiger partial charge in [-0.3, -0.25) is 18.2 Å². The monoisotopic (exact) mass is 2130 g/mol. The molecule has 0 saturated carbocycles. The molecule has 0 aliphatic rings. The summed E-state index contributed by atoms with van der Waals surface area (Å²) >= 11 is 0. The highest BCUT2D eigenvalue weighted by Crippen LogP contribution is 2.24. The van der Waals surface area contributed by atoms with Gasteiger partial charge < -0.3 is 52.1 Å². The van der Waals surface area contributed by atoms with Crippen LogP contribution in [0.1, 0.15) is 463 Å². The highest BCUT2D eigenvalue weighted by molar-refractivity contribution is 7.87. The van der Waals surface area contributed by atoms with E-state index in [0.29, 0.717) is 175 Å². The zero-order chi connectivity index (χ0) is 112. The van der Waals surface area contributed by atoms with Crippen molar-refractivity contribution in [1.29, 1.82) is 0 Å². The maximum absolute atomic E-state index is 11.1. The van der Waals surface area contributed by atoms with Crippen molar-refractivity contribution in [2.24, 2.45) is 118 Å².